The largest absolute Gasteiger partial charge is 0.439 e. The first kappa shape index (κ1) is 30.7. The van der Waals surface area contributed by atoms with Gasteiger partial charge in [0.2, 0.25) is 11.6 Å². The minimum Gasteiger partial charge on any atom is -0.439 e. The van der Waals surface area contributed by atoms with E-state index in [4.69, 9.17) is 15.2 Å². The van der Waals surface area contributed by atoms with Crippen LogP contribution in [-0.4, -0.2) is 67.3 Å². The lowest BCUT2D eigenvalue weighted by Gasteiger charge is -2.24. The molecule has 11 heteroatoms. The molecular formula is C27H36FN3O7. The summed E-state index contributed by atoms with van der Waals surface area (Å²) in [5.74, 6) is -1.65. The van der Waals surface area contributed by atoms with E-state index in [2.05, 4.69) is 10.6 Å². The fourth-order valence-electron chi connectivity index (χ4n) is 4.08. The van der Waals surface area contributed by atoms with E-state index in [9.17, 15) is 28.7 Å². The molecule has 0 radical (unpaired) electrons. The molecule has 2 aliphatic rings. The molecule has 208 valence electrons. The molecule has 38 heavy (non-hydrogen) atoms. The fraction of sp³-hybridized carbons (Fsp3) is 0.481. The zero-order valence-corrected chi connectivity index (χ0v) is 21.9. The van der Waals surface area contributed by atoms with Crippen molar-refractivity contribution < 1.29 is 38.1 Å². The van der Waals surface area contributed by atoms with Crippen LogP contribution in [0.15, 0.2) is 58.5 Å². The molecule has 0 aromatic heterocycles. The molecule has 0 saturated heterocycles. The second kappa shape index (κ2) is 15.0. The number of ether oxygens (including phenoxy) is 2. The van der Waals surface area contributed by atoms with Crippen LogP contribution < -0.4 is 16.4 Å². The van der Waals surface area contributed by atoms with Gasteiger partial charge in [-0.15, -0.1) is 0 Å². The van der Waals surface area contributed by atoms with E-state index >= 15 is 0 Å². The summed E-state index contributed by atoms with van der Waals surface area (Å²) in [6.07, 6.45) is 5.94. The van der Waals surface area contributed by atoms with Crippen LogP contribution in [0.1, 0.15) is 46.0 Å². The van der Waals surface area contributed by atoms with Gasteiger partial charge < -0.3 is 30.9 Å². The number of methoxy groups -OCH3 is 1. The molecule has 0 aromatic carbocycles. The number of rotatable bonds is 5. The number of aliphatic hydroxyl groups is 1. The lowest BCUT2D eigenvalue weighted by Crippen LogP contribution is -2.36. The second-order valence-electron chi connectivity index (χ2n) is 9.05. The number of Topliss-reactive ketones (excluding diaryl/α,β-unsaturated/α-hetero) is 1. The first-order valence-electron chi connectivity index (χ1n) is 12.4. The summed E-state index contributed by atoms with van der Waals surface area (Å²) in [4.78, 5) is 50.1. The van der Waals surface area contributed by atoms with E-state index in [1.807, 2.05) is 0 Å². The molecule has 1 aliphatic heterocycles. The Kier molecular flexibility index (Phi) is 12.1. The van der Waals surface area contributed by atoms with Gasteiger partial charge in [-0.3, -0.25) is 14.4 Å². The number of amides is 2. The monoisotopic (exact) mass is 533 g/mol. The van der Waals surface area contributed by atoms with Crippen molar-refractivity contribution in [2.45, 2.75) is 64.3 Å². The summed E-state index contributed by atoms with van der Waals surface area (Å²) in [6.45, 7) is 2.40. The van der Waals surface area contributed by atoms with Crippen molar-refractivity contribution in [1.82, 2.24) is 10.6 Å². The Balaban J connectivity index is 2.42. The highest BCUT2D eigenvalue weighted by Crippen LogP contribution is 2.23. The van der Waals surface area contributed by atoms with E-state index in [1.165, 1.54) is 26.2 Å². The molecule has 1 heterocycles. The summed E-state index contributed by atoms with van der Waals surface area (Å²) < 4.78 is 23.5. The number of hydrogen-bond donors (Lipinski definition) is 4. The third kappa shape index (κ3) is 8.77. The molecule has 3 atom stereocenters. The number of halogens is 1. The molecule has 0 aromatic rings. The highest BCUT2D eigenvalue weighted by Gasteiger charge is 2.29. The molecule has 0 spiro atoms. The minimum atomic E-state index is -0.989. The van der Waals surface area contributed by atoms with Crippen LogP contribution in [0, 0.1) is 0 Å². The molecular weight excluding hydrogens is 497 g/mol. The van der Waals surface area contributed by atoms with Gasteiger partial charge in [0.05, 0.1) is 17.5 Å². The Morgan fingerprint density at radius 1 is 1.26 bits per heavy atom. The zero-order chi connectivity index (χ0) is 28.2. The summed E-state index contributed by atoms with van der Waals surface area (Å²) in [7, 11) is 1.42. The van der Waals surface area contributed by atoms with Gasteiger partial charge >= 0.3 is 6.09 Å². The molecule has 2 amide bonds. The number of ketones is 2. The SMILES string of the molecule is COC1/C=C\C=C(/C)C(=O)NC2=CC(=O)C(NCCF)=C(CCCCC(O)C/C=C(\C)C1OC(N)=O)C2=O. The van der Waals surface area contributed by atoms with Crippen LogP contribution in [0.3, 0.4) is 0 Å². The number of nitrogens with one attached hydrogen (secondary N) is 2. The Bertz CT molecular complexity index is 1070. The topological polar surface area (TPSA) is 157 Å². The van der Waals surface area contributed by atoms with Gasteiger partial charge in [-0.25, -0.2) is 9.18 Å². The predicted octanol–water partition coefficient (Wildman–Crippen LogP) is 2.20. The van der Waals surface area contributed by atoms with Crippen LogP contribution in [0.2, 0.25) is 0 Å². The number of carbonyl (C=O) groups excluding carboxylic acids is 4. The summed E-state index contributed by atoms with van der Waals surface area (Å²) >= 11 is 0. The van der Waals surface area contributed by atoms with E-state index < -0.39 is 48.6 Å². The lowest BCUT2D eigenvalue weighted by atomic mass is 9.92. The van der Waals surface area contributed by atoms with Crippen molar-refractivity contribution in [3.8, 4) is 0 Å². The molecule has 2 rings (SSSR count). The van der Waals surface area contributed by atoms with Crippen molar-refractivity contribution in [2.75, 3.05) is 20.3 Å². The van der Waals surface area contributed by atoms with Gasteiger partial charge in [-0.05, 0) is 45.1 Å². The smallest absolute Gasteiger partial charge is 0.405 e. The highest BCUT2D eigenvalue weighted by molar-refractivity contribution is 6.23. The number of allylic oxidation sites excluding steroid dienone is 4. The Hall–Kier alpha value is -3.57. The third-order valence-corrected chi connectivity index (χ3v) is 6.18. The average Bonchev–Trinajstić information content (AvgIpc) is 2.87. The molecule has 1 aliphatic carbocycles. The van der Waals surface area contributed by atoms with Crippen molar-refractivity contribution in [3.63, 3.8) is 0 Å². The van der Waals surface area contributed by atoms with E-state index in [0.717, 1.165) is 6.08 Å². The van der Waals surface area contributed by atoms with Crippen molar-refractivity contribution in [2.24, 2.45) is 5.73 Å². The fourth-order valence-corrected chi connectivity index (χ4v) is 4.08. The third-order valence-electron chi connectivity index (χ3n) is 6.18. The molecule has 10 nitrogen and oxygen atoms in total. The zero-order valence-electron chi connectivity index (χ0n) is 21.9. The maximum absolute atomic E-state index is 13.2. The number of carbonyl (C=O) groups is 4. The van der Waals surface area contributed by atoms with Crippen molar-refractivity contribution in [1.29, 1.82) is 0 Å². The number of alkyl halides is 1. The molecule has 5 N–H and O–H groups in total. The molecule has 2 bridgehead atoms. The van der Waals surface area contributed by atoms with Gasteiger partial charge in [-0.2, -0.15) is 0 Å². The second-order valence-corrected chi connectivity index (χ2v) is 9.05. The minimum absolute atomic E-state index is 0.0249. The van der Waals surface area contributed by atoms with Crippen molar-refractivity contribution in [3.05, 3.63) is 58.5 Å². The Morgan fingerprint density at radius 2 is 2.00 bits per heavy atom. The van der Waals surface area contributed by atoms with Crippen LogP contribution >= 0.6 is 0 Å². The Labute approximate surface area is 221 Å². The van der Waals surface area contributed by atoms with Crippen molar-refractivity contribution >= 4 is 23.6 Å². The van der Waals surface area contributed by atoms with E-state index in [-0.39, 0.29) is 41.9 Å². The first-order chi connectivity index (χ1) is 18.1. The summed E-state index contributed by atoms with van der Waals surface area (Å²) in [5.41, 5.74) is 6.12. The first-order valence-corrected chi connectivity index (χ1v) is 12.4. The quantitative estimate of drug-likeness (QED) is 0.309. The number of aliphatic hydroxyl groups excluding tert-OH is 1. The van der Waals surface area contributed by atoms with Gasteiger partial charge in [0.1, 0.15) is 12.8 Å². The standard InChI is InChI=1S/C27H36FN3O7/c1-16-11-12-18(32)8-4-5-9-19-23(30-14-13-28)21(33)15-20(24(19)34)31-26(35)17(2)7-6-10-22(37-3)25(16)38-27(29)36/h6-7,10-11,15,18,22,25,30,32H,4-5,8-9,12-14H2,1-3H3,(H2,29,36)(H,31,35)/b10-6-,16-11+,17-7+. The van der Waals surface area contributed by atoms with Crippen LogP contribution in [0.25, 0.3) is 0 Å². The van der Waals surface area contributed by atoms with Gasteiger partial charge in [0.25, 0.3) is 5.91 Å². The predicted molar refractivity (Wildman–Crippen MR) is 138 cm³/mol. The molecule has 0 saturated carbocycles. The summed E-state index contributed by atoms with van der Waals surface area (Å²) in [5, 5.41) is 15.6. The number of primary amides is 1. The van der Waals surface area contributed by atoms with Gasteiger partial charge in [-0.1, -0.05) is 30.7 Å². The van der Waals surface area contributed by atoms with Crippen LogP contribution in [-0.2, 0) is 23.9 Å². The lowest BCUT2D eigenvalue weighted by molar-refractivity contribution is -0.120. The maximum atomic E-state index is 13.2. The van der Waals surface area contributed by atoms with Gasteiger partial charge in [0.15, 0.2) is 6.10 Å². The number of fused-ring (bicyclic) bond motifs is 2. The Morgan fingerprint density at radius 3 is 2.66 bits per heavy atom. The summed E-state index contributed by atoms with van der Waals surface area (Å²) in [6, 6.07) is 0. The average molecular weight is 534 g/mol. The number of nitrogens with two attached hydrogens (primary N) is 1. The highest BCUT2D eigenvalue weighted by atomic mass is 19.1. The molecule has 3 unspecified atom stereocenters. The van der Waals surface area contributed by atoms with E-state index in [0.29, 0.717) is 24.8 Å². The van der Waals surface area contributed by atoms with Gasteiger partial charge in [0, 0.05) is 30.9 Å². The van der Waals surface area contributed by atoms with Crippen LogP contribution in [0.4, 0.5) is 9.18 Å². The normalized spacial score (nSPS) is 27.9. The molecule has 0 fully saturated rings. The maximum Gasteiger partial charge on any atom is 0.405 e. The van der Waals surface area contributed by atoms with E-state index in [1.54, 1.807) is 19.1 Å². The number of hydrogen-bond acceptors (Lipinski definition) is 8. The van der Waals surface area contributed by atoms with Crippen LogP contribution in [0.5, 0.6) is 0 Å².